The third kappa shape index (κ3) is 18.6. The third-order valence-electron chi connectivity index (χ3n) is 6.59. The Kier molecular flexibility index (Phi) is 21.8. The van der Waals surface area contributed by atoms with Gasteiger partial charge in [0.2, 0.25) is 0 Å². The first kappa shape index (κ1) is 33.8. The van der Waals surface area contributed by atoms with Gasteiger partial charge in [0, 0.05) is 32.3 Å². The Morgan fingerprint density at radius 3 is 2.05 bits per heavy atom. The van der Waals surface area contributed by atoms with Crippen LogP contribution in [0.25, 0.3) is 0 Å². The van der Waals surface area contributed by atoms with Crippen LogP contribution in [0.15, 0.2) is 24.3 Å². The molecule has 0 amide bonds. The Balaban J connectivity index is 2.30. The monoisotopic (exact) mass is 526 g/mol. The van der Waals surface area contributed by atoms with Crippen LogP contribution in [-0.2, 0) is 15.9 Å². The molecule has 0 aliphatic heterocycles. The highest BCUT2D eigenvalue weighted by atomic mass is 16.5. The Labute approximate surface area is 225 Å². The zero-order valence-corrected chi connectivity index (χ0v) is 23.2. The summed E-state index contributed by atoms with van der Waals surface area (Å²) in [6, 6.07) is 8.13. The maximum atomic E-state index is 10.3. The van der Waals surface area contributed by atoms with E-state index >= 15 is 0 Å². The van der Waals surface area contributed by atoms with Crippen molar-refractivity contribution in [2.24, 2.45) is 11.8 Å². The summed E-state index contributed by atoms with van der Waals surface area (Å²) in [4.78, 5) is 0. The van der Waals surface area contributed by atoms with E-state index in [4.69, 9.17) is 24.4 Å². The third-order valence-corrected chi connectivity index (χ3v) is 6.59. The average molecular weight is 527 g/mol. The molecule has 0 bridgehead atoms. The molecule has 0 saturated carbocycles. The van der Waals surface area contributed by atoms with Crippen LogP contribution in [0, 0.1) is 11.8 Å². The molecule has 0 aromatic heterocycles. The molecule has 1 rings (SSSR count). The first-order chi connectivity index (χ1) is 18.1. The van der Waals surface area contributed by atoms with Crippen molar-refractivity contribution in [3.8, 4) is 5.75 Å². The molecule has 0 fully saturated rings. The average Bonchev–Trinajstić information content (AvgIpc) is 2.92. The number of ether oxygens (including phenoxy) is 3. The van der Waals surface area contributed by atoms with Gasteiger partial charge in [-0.15, -0.1) is 0 Å². The van der Waals surface area contributed by atoms with E-state index in [9.17, 15) is 10.2 Å². The van der Waals surface area contributed by atoms with Crippen molar-refractivity contribution < 1.29 is 34.6 Å². The van der Waals surface area contributed by atoms with E-state index in [1.54, 1.807) is 0 Å². The molecule has 3 unspecified atom stereocenters. The van der Waals surface area contributed by atoms with E-state index < -0.39 is 6.10 Å². The quantitative estimate of drug-likeness (QED) is 0.131. The molecule has 0 aliphatic rings. The summed E-state index contributed by atoms with van der Waals surface area (Å²) >= 11 is 0. The number of unbranched alkanes of at least 4 members (excludes halogenated alkanes) is 6. The molecule has 0 radical (unpaired) electrons. The molecule has 37 heavy (non-hydrogen) atoms. The summed E-state index contributed by atoms with van der Waals surface area (Å²) < 4.78 is 17.2. The topological polar surface area (TPSA) is 109 Å². The predicted octanol–water partition coefficient (Wildman–Crippen LogP) is 4.52. The molecule has 7 nitrogen and oxygen atoms in total. The Morgan fingerprint density at radius 1 is 0.703 bits per heavy atom. The second kappa shape index (κ2) is 23.9. The normalized spacial score (nSPS) is 14.0. The largest absolute Gasteiger partial charge is 0.491 e. The highest BCUT2D eigenvalue weighted by Crippen LogP contribution is 2.19. The van der Waals surface area contributed by atoms with Gasteiger partial charge in [0.1, 0.15) is 18.5 Å². The number of aliphatic hydroxyl groups excluding tert-OH is 4. The summed E-state index contributed by atoms with van der Waals surface area (Å²) in [6.07, 6.45) is 12.2. The molecule has 4 N–H and O–H groups in total. The van der Waals surface area contributed by atoms with E-state index in [2.05, 4.69) is 19.1 Å². The Morgan fingerprint density at radius 2 is 1.38 bits per heavy atom. The van der Waals surface area contributed by atoms with Crippen molar-refractivity contribution in [2.75, 3.05) is 52.9 Å². The first-order valence-electron chi connectivity index (χ1n) is 14.5. The van der Waals surface area contributed by atoms with Crippen molar-refractivity contribution in [3.63, 3.8) is 0 Å². The van der Waals surface area contributed by atoms with Crippen molar-refractivity contribution in [1.82, 2.24) is 0 Å². The molecule has 0 aliphatic carbocycles. The van der Waals surface area contributed by atoms with Crippen LogP contribution in [0.3, 0.4) is 0 Å². The zero-order valence-electron chi connectivity index (χ0n) is 23.2. The Bertz CT molecular complexity index is 610. The van der Waals surface area contributed by atoms with E-state index in [0.717, 1.165) is 18.6 Å². The van der Waals surface area contributed by atoms with Crippen LogP contribution < -0.4 is 4.74 Å². The van der Waals surface area contributed by atoms with Gasteiger partial charge in [-0.1, -0.05) is 57.6 Å². The smallest absolute Gasteiger partial charge is 0.119 e. The van der Waals surface area contributed by atoms with Gasteiger partial charge in [-0.2, -0.15) is 0 Å². The number of aliphatic hydroxyl groups is 4. The molecular formula is C30H54O7. The molecule has 1 aromatic carbocycles. The minimum absolute atomic E-state index is 0.0570. The SMILES string of the molecule is CCCCCCCCCc1ccc(OCC(O)COCC(COCCCO)CC(CO)CCCO)cc1. The molecular weight excluding hydrogens is 472 g/mol. The van der Waals surface area contributed by atoms with Gasteiger partial charge < -0.3 is 34.6 Å². The van der Waals surface area contributed by atoms with Crippen molar-refractivity contribution in [1.29, 1.82) is 0 Å². The van der Waals surface area contributed by atoms with E-state index in [0.29, 0.717) is 39.1 Å². The summed E-state index contributed by atoms with van der Waals surface area (Å²) in [7, 11) is 0. The summed E-state index contributed by atoms with van der Waals surface area (Å²) in [5.41, 5.74) is 1.32. The lowest BCUT2D eigenvalue weighted by Crippen LogP contribution is -2.27. The molecule has 3 atom stereocenters. The summed E-state index contributed by atoms with van der Waals surface area (Å²) in [5.74, 6) is 0.878. The van der Waals surface area contributed by atoms with E-state index in [1.807, 2.05) is 12.1 Å². The molecule has 7 heteroatoms. The second-order valence-electron chi connectivity index (χ2n) is 10.2. The van der Waals surface area contributed by atoms with Gasteiger partial charge >= 0.3 is 0 Å². The standard InChI is InChI=1S/C30H54O7/c1-2-3-4-5-6-7-8-11-26-13-15-30(16-14-26)37-25-29(34)24-36-23-28(22-35-19-10-18-32)20-27(21-33)12-9-17-31/h13-16,27-29,31-34H,2-12,17-25H2,1H3. The minimum atomic E-state index is -0.744. The van der Waals surface area contributed by atoms with Gasteiger partial charge in [0.25, 0.3) is 0 Å². The maximum absolute atomic E-state index is 10.3. The van der Waals surface area contributed by atoms with Gasteiger partial charge in [0.05, 0.1) is 19.8 Å². The number of rotatable bonds is 26. The lowest BCUT2D eigenvalue weighted by atomic mass is 9.92. The molecule has 216 valence electrons. The number of hydrogen-bond acceptors (Lipinski definition) is 7. The van der Waals surface area contributed by atoms with Gasteiger partial charge in [0.15, 0.2) is 0 Å². The fourth-order valence-electron chi connectivity index (χ4n) is 4.39. The number of benzene rings is 1. The molecule has 0 spiro atoms. The molecule has 0 heterocycles. The van der Waals surface area contributed by atoms with Crippen LogP contribution >= 0.6 is 0 Å². The lowest BCUT2D eigenvalue weighted by molar-refractivity contribution is -0.0213. The van der Waals surface area contributed by atoms with E-state index in [-0.39, 0.29) is 44.9 Å². The van der Waals surface area contributed by atoms with Crippen molar-refractivity contribution in [2.45, 2.75) is 90.1 Å². The molecule has 0 saturated heterocycles. The highest BCUT2D eigenvalue weighted by Gasteiger charge is 2.18. The fourth-order valence-corrected chi connectivity index (χ4v) is 4.39. The predicted molar refractivity (Wildman–Crippen MR) is 148 cm³/mol. The van der Waals surface area contributed by atoms with Gasteiger partial charge in [-0.05, 0) is 62.1 Å². The van der Waals surface area contributed by atoms with Crippen molar-refractivity contribution >= 4 is 0 Å². The fraction of sp³-hybridized carbons (Fsp3) is 0.800. The zero-order chi connectivity index (χ0) is 27.0. The summed E-state index contributed by atoms with van der Waals surface area (Å²) in [6.45, 7) is 4.16. The summed E-state index contributed by atoms with van der Waals surface area (Å²) in [5, 5.41) is 38.0. The highest BCUT2D eigenvalue weighted by molar-refractivity contribution is 5.27. The van der Waals surface area contributed by atoms with Crippen LogP contribution in [0.4, 0.5) is 0 Å². The van der Waals surface area contributed by atoms with Crippen LogP contribution in [0.1, 0.15) is 83.1 Å². The van der Waals surface area contributed by atoms with Crippen LogP contribution in [0.2, 0.25) is 0 Å². The second-order valence-corrected chi connectivity index (χ2v) is 10.2. The minimum Gasteiger partial charge on any atom is -0.491 e. The van der Waals surface area contributed by atoms with E-state index in [1.165, 1.54) is 50.5 Å². The van der Waals surface area contributed by atoms with Gasteiger partial charge in [-0.3, -0.25) is 0 Å². The number of hydrogen-bond donors (Lipinski definition) is 4. The van der Waals surface area contributed by atoms with Crippen LogP contribution in [-0.4, -0.2) is 79.4 Å². The Hall–Kier alpha value is -1.22. The maximum Gasteiger partial charge on any atom is 0.119 e. The lowest BCUT2D eigenvalue weighted by Gasteiger charge is -2.23. The molecule has 1 aromatic rings. The van der Waals surface area contributed by atoms with Crippen molar-refractivity contribution in [3.05, 3.63) is 29.8 Å². The first-order valence-corrected chi connectivity index (χ1v) is 14.5. The number of aryl methyl sites for hydroxylation is 1. The van der Waals surface area contributed by atoms with Crippen LogP contribution in [0.5, 0.6) is 5.75 Å². The van der Waals surface area contributed by atoms with Gasteiger partial charge in [-0.25, -0.2) is 0 Å².